The number of piperidine rings is 1. The van der Waals surface area contributed by atoms with Crippen LogP contribution in [-0.2, 0) is 4.79 Å². The van der Waals surface area contributed by atoms with Crippen LogP contribution in [0, 0.1) is 12.8 Å². The molecular formula is C27H25ClN4O2. The Morgan fingerprint density at radius 1 is 0.971 bits per heavy atom. The number of hydrogen-bond acceptors (Lipinski definition) is 3. The van der Waals surface area contributed by atoms with Gasteiger partial charge < -0.3 is 10.2 Å². The standard InChI is InChI=1S/C27H25ClN4O2/c1-18-6-5-15-32-24(18)29-23(19-7-3-2-4-8-19)25(32)30-26(33)20-13-16-31(17-14-20)27(34)21-9-11-22(28)12-10-21/h2-12,15,20H,13-14,16-17H2,1H3,(H,30,33). The van der Waals surface area contributed by atoms with Gasteiger partial charge in [-0.3, -0.25) is 14.0 Å². The molecule has 0 unspecified atom stereocenters. The lowest BCUT2D eigenvalue weighted by Crippen LogP contribution is -2.41. The summed E-state index contributed by atoms with van der Waals surface area (Å²) in [5.41, 5.74) is 4.16. The molecule has 1 aliphatic heterocycles. The van der Waals surface area contributed by atoms with Gasteiger partial charge in [-0.25, -0.2) is 4.98 Å². The molecule has 5 rings (SSSR count). The number of nitrogens with zero attached hydrogens (tertiary/aromatic N) is 3. The lowest BCUT2D eigenvalue weighted by Gasteiger charge is -2.31. The van der Waals surface area contributed by atoms with Crippen molar-refractivity contribution in [2.45, 2.75) is 19.8 Å². The van der Waals surface area contributed by atoms with Crippen LogP contribution >= 0.6 is 11.6 Å². The summed E-state index contributed by atoms with van der Waals surface area (Å²) in [6, 6.07) is 20.8. The summed E-state index contributed by atoms with van der Waals surface area (Å²) >= 11 is 5.93. The van der Waals surface area contributed by atoms with Crippen LogP contribution < -0.4 is 5.32 Å². The van der Waals surface area contributed by atoms with Crippen LogP contribution in [0.3, 0.4) is 0 Å². The molecule has 0 aliphatic carbocycles. The minimum Gasteiger partial charge on any atom is -0.339 e. The van der Waals surface area contributed by atoms with Crippen molar-refractivity contribution in [2.24, 2.45) is 5.92 Å². The number of anilines is 1. The van der Waals surface area contributed by atoms with E-state index in [4.69, 9.17) is 16.6 Å². The molecule has 7 heteroatoms. The van der Waals surface area contributed by atoms with Crippen LogP contribution in [0.15, 0.2) is 72.9 Å². The van der Waals surface area contributed by atoms with Crippen LogP contribution in [0.1, 0.15) is 28.8 Å². The highest BCUT2D eigenvalue weighted by Crippen LogP contribution is 2.31. The molecule has 4 aromatic rings. The predicted octanol–water partition coefficient (Wildman–Crippen LogP) is 5.45. The number of carbonyl (C=O) groups is 2. The highest BCUT2D eigenvalue weighted by atomic mass is 35.5. The highest BCUT2D eigenvalue weighted by Gasteiger charge is 2.29. The molecule has 0 saturated carbocycles. The van der Waals surface area contributed by atoms with Crippen molar-refractivity contribution in [2.75, 3.05) is 18.4 Å². The van der Waals surface area contributed by atoms with E-state index >= 15 is 0 Å². The van der Waals surface area contributed by atoms with E-state index in [0.717, 1.165) is 22.5 Å². The molecule has 172 valence electrons. The maximum absolute atomic E-state index is 13.3. The number of fused-ring (bicyclic) bond motifs is 1. The number of likely N-dealkylation sites (tertiary alicyclic amines) is 1. The summed E-state index contributed by atoms with van der Waals surface area (Å²) in [7, 11) is 0. The van der Waals surface area contributed by atoms with E-state index in [9.17, 15) is 9.59 Å². The number of carbonyl (C=O) groups excluding carboxylic acids is 2. The molecule has 34 heavy (non-hydrogen) atoms. The van der Waals surface area contributed by atoms with Crippen molar-refractivity contribution in [3.8, 4) is 11.3 Å². The number of imidazole rings is 1. The lowest BCUT2D eigenvalue weighted by molar-refractivity contribution is -0.121. The van der Waals surface area contributed by atoms with Crippen LogP contribution in [0.5, 0.6) is 0 Å². The Hall–Kier alpha value is -3.64. The van der Waals surface area contributed by atoms with Crippen molar-refractivity contribution in [3.63, 3.8) is 0 Å². The van der Waals surface area contributed by atoms with E-state index in [-0.39, 0.29) is 17.7 Å². The maximum atomic E-state index is 13.3. The average Bonchev–Trinajstić information content (AvgIpc) is 3.24. The summed E-state index contributed by atoms with van der Waals surface area (Å²) in [5.74, 6) is 0.432. The molecule has 1 aliphatic rings. The second kappa shape index (κ2) is 9.31. The van der Waals surface area contributed by atoms with Gasteiger partial charge in [0.15, 0.2) is 0 Å². The molecule has 0 radical (unpaired) electrons. The molecule has 0 atom stereocenters. The number of aromatic nitrogens is 2. The second-order valence-electron chi connectivity index (χ2n) is 8.62. The number of pyridine rings is 1. The second-order valence-corrected chi connectivity index (χ2v) is 9.06. The van der Waals surface area contributed by atoms with Crippen LogP contribution in [-0.4, -0.2) is 39.2 Å². The number of rotatable bonds is 4. The topological polar surface area (TPSA) is 66.7 Å². The van der Waals surface area contributed by atoms with Gasteiger partial charge in [-0.05, 0) is 55.7 Å². The molecule has 3 heterocycles. The maximum Gasteiger partial charge on any atom is 0.253 e. The third-order valence-electron chi connectivity index (χ3n) is 6.38. The predicted molar refractivity (Wildman–Crippen MR) is 134 cm³/mol. The van der Waals surface area contributed by atoms with Crippen molar-refractivity contribution in [1.29, 1.82) is 0 Å². The van der Waals surface area contributed by atoms with E-state index < -0.39 is 0 Å². The Kier molecular flexibility index (Phi) is 6.07. The number of halogens is 1. The van der Waals surface area contributed by atoms with Crippen molar-refractivity contribution in [1.82, 2.24) is 14.3 Å². The van der Waals surface area contributed by atoms with Crippen LogP contribution in [0.4, 0.5) is 5.82 Å². The minimum atomic E-state index is -0.173. The Labute approximate surface area is 203 Å². The summed E-state index contributed by atoms with van der Waals surface area (Å²) in [4.78, 5) is 32.7. The highest BCUT2D eigenvalue weighted by molar-refractivity contribution is 6.30. The van der Waals surface area contributed by atoms with Gasteiger partial charge in [0.05, 0.1) is 0 Å². The Balaban J connectivity index is 1.33. The number of amides is 2. The quantitative estimate of drug-likeness (QED) is 0.429. The fourth-order valence-corrected chi connectivity index (χ4v) is 4.59. The van der Waals surface area contributed by atoms with E-state index in [1.54, 1.807) is 29.2 Å². The first-order chi connectivity index (χ1) is 16.5. The summed E-state index contributed by atoms with van der Waals surface area (Å²) in [6.45, 7) is 3.09. The van der Waals surface area contributed by atoms with Gasteiger partial charge in [-0.2, -0.15) is 0 Å². The summed E-state index contributed by atoms with van der Waals surface area (Å²) in [5, 5.41) is 3.76. The van der Waals surface area contributed by atoms with Crippen molar-refractivity contribution in [3.05, 3.63) is 89.1 Å². The van der Waals surface area contributed by atoms with Gasteiger partial charge >= 0.3 is 0 Å². The minimum absolute atomic E-state index is 0.0286. The Morgan fingerprint density at radius 2 is 1.68 bits per heavy atom. The van der Waals surface area contributed by atoms with Gasteiger partial charge in [0.25, 0.3) is 5.91 Å². The first kappa shape index (κ1) is 22.2. The van der Waals surface area contributed by atoms with Crippen molar-refractivity contribution >= 4 is 34.9 Å². The zero-order chi connectivity index (χ0) is 23.7. The van der Waals surface area contributed by atoms with Crippen LogP contribution in [0.2, 0.25) is 5.02 Å². The molecule has 6 nitrogen and oxygen atoms in total. The number of aryl methyl sites for hydroxylation is 1. The van der Waals surface area contributed by atoms with E-state index in [1.165, 1.54) is 0 Å². The Morgan fingerprint density at radius 3 is 2.38 bits per heavy atom. The molecule has 0 bridgehead atoms. The van der Waals surface area contributed by atoms with Gasteiger partial charge in [0, 0.05) is 41.4 Å². The fourth-order valence-electron chi connectivity index (χ4n) is 4.46. The number of hydrogen-bond donors (Lipinski definition) is 1. The van der Waals surface area contributed by atoms with Gasteiger partial charge in [0.1, 0.15) is 17.2 Å². The summed E-state index contributed by atoms with van der Waals surface area (Å²) in [6.07, 6.45) is 3.15. The van der Waals surface area contributed by atoms with E-state index in [2.05, 4.69) is 5.32 Å². The van der Waals surface area contributed by atoms with E-state index in [0.29, 0.717) is 42.3 Å². The molecule has 1 N–H and O–H groups in total. The number of benzene rings is 2. The lowest BCUT2D eigenvalue weighted by atomic mass is 9.95. The first-order valence-electron chi connectivity index (χ1n) is 11.4. The molecule has 1 fully saturated rings. The molecule has 2 amide bonds. The van der Waals surface area contributed by atoms with Crippen LogP contribution in [0.25, 0.3) is 16.9 Å². The number of nitrogens with one attached hydrogen (secondary N) is 1. The van der Waals surface area contributed by atoms with Crippen molar-refractivity contribution < 1.29 is 9.59 Å². The zero-order valence-corrected chi connectivity index (χ0v) is 19.6. The zero-order valence-electron chi connectivity index (χ0n) is 18.9. The third-order valence-corrected chi connectivity index (χ3v) is 6.63. The van der Waals surface area contributed by atoms with E-state index in [1.807, 2.05) is 60.0 Å². The molecule has 0 spiro atoms. The normalized spacial score (nSPS) is 14.4. The first-order valence-corrected chi connectivity index (χ1v) is 11.8. The third kappa shape index (κ3) is 4.29. The SMILES string of the molecule is Cc1cccn2c(NC(=O)C3CCN(C(=O)c4ccc(Cl)cc4)CC3)c(-c3ccccc3)nc12. The van der Waals surface area contributed by atoms with Gasteiger partial charge in [0.2, 0.25) is 5.91 Å². The Bertz CT molecular complexity index is 1340. The summed E-state index contributed by atoms with van der Waals surface area (Å²) < 4.78 is 1.94. The smallest absolute Gasteiger partial charge is 0.253 e. The monoisotopic (exact) mass is 472 g/mol. The van der Waals surface area contributed by atoms with Gasteiger partial charge in [-0.1, -0.05) is 48.0 Å². The average molecular weight is 473 g/mol. The molecule has 1 saturated heterocycles. The van der Waals surface area contributed by atoms with Gasteiger partial charge in [-0.15, -0.1) is 0 Å². The molecule has 2 aromatic heterocycles. The molecular weight excluding hydrogens is 448 g/mol. The fraction of sp³-hybridized carbons (Fsp3) is 0.222. The largest absolute Gasteiger partial charge is 0.339 e. The molecule has 2 aromatic carbocycles.